The van der Waals surface area contributed by atoms with Gasteiger partial charge in [0.25, 0.3) is 0 Å². The fourth-order valence-corrected chi connectivity index (χ4v) is 7.51. The van der Waals surface area contributed by atoms with Crippen molar-refractivity contribution < 1.29 is 26.8 Å². The van der Waals surface area contributed by atoms with E-state index >= 15 is 4.39 Å². The number of hydrogen-bond donors (Lipinski definition) is 4. The summed E-state index contributed by atoms with van der Waals surface area (Å²) in [5.74, 6) is -3.22. The molecule has 39 heavy (non-hydrogen) atoms. The SMILES string of the molecule is CS(=O)(=O)N[C@H]1CC[C@H](CCNC(=O)[C@@H]2NC[C@]3(C(=O)Nc4cc(Cl)c(F)cc43)[C@H]2c2cccc(Cl)c2F)C1. The van der Waals surface area contributed by atoms with E-state index in [1.165, 1.54) is 18.2 Å². The van der Waals surface area contributed by atoms with Crippen molar-refractivity contribution in [3.8, 4) is 0 Å². The molecule has 1 spiro atoms. The number of nitrogens with one attached hydrogen (secondary N) is 4. The summed E-state index contributed by atoms with van der Waals surface area (Å²) in [6.07, 6.45) is 4.00. The molecule has 5 atom stereocenters. The highest BCUT2D eigenvalue weighted by molar-refractivity contribution is 7.88. The molecule has 210 valence electrons. The molecule has 0 bridgehead atoms. The molecule has 2 aliphatic heterocycles. The first-order valence-corrected chi connectivity index (χ1v) is 15.3. The molecule has 3 aliphatic rings. The summed E-state index contributed by atoms with van der Waals surface area (Å²) in [4.78, 5) is 27.0. The van der Waals surface area contributed by atoms with Crippen molar-refractivity contribution in [2.24, 2.45) is 5.92 Å². The largest absolute Gasteiger partial charge is 0.355 e. The summed E-state index contributed by atoms with van der Waals surface area (Å²) in [7, 11) is -3.29. The van der Waals surface area contributed by atoms with Gasteiger partial charge in [-0.25, -0.2) is 21.9 Å². The standard InChI is InChI=1S/C26H28Cl2F2N4O4S/c1-39(37,38)34-14-6-5-13(9-14)7-8-31-24(35)23-21(15-3-2-4-17(27)22(15)30)26(12-32-23)16-10-19(29)18(28)11-20(16)33-25(26)36/h2-4,10-11,13-14,21,23,32,34H,5-9,12H2,1H3,(H,31,35)(H,33,36)/t13-,14+,21+,23-,26-/m1/s1. The number of sulfonamides is 1. The Morgan fingerprint density at radius 2 is 1.95 bits per heavy atom. The molecule has 0 aromatic heterocycles. The highest BCUT2D eigenvalue weighted by atomic mass is 35.5. The number of carbonyl (C=O) groups is 2. The molecule has 1 saturated carbocycles. The predicted octanol–water partition coefficient (Wildman–Crippen LogP) is 3.44. The van der Waals surface area contributed by atoms with E-state index < -0.39 is 50.8 Å². The second-order valence-corrected chi connectivity index (χ2v) is 13.2. The number of fused-ring (bicyclic) bond motifs is 2. The number of carbonyl (C=O) groups excluding carboxylic acids is 2. The normalized spacial score (nSPS) is 28.1. The Labute approximate surface area is 235 Å². The highest BCUT2D eigenvalue weighted by Crippen LogP contribution is 2.53. The van der Waals surface area contributed by atoms with E-state index in [4.69, 9.17) is 23.2 Å². The molecule has 0 radical (unpaired) electrons. The van der Waals surface area contributed by atoms with E-state index in [-0.39, 0.29) is 39.7 Å². The zero-order valence-corrected chi connectivity index (χ0v) is 23.3. The van der Waals surface area contributed by atoms with Crippen LogP contribution in [0.4, 0.5) is 14.5 Å². The van der Waals surface area contributed by atoms with Crippen LogP contribution in [0, 0.1) is 17.6 Å². The number of anilines is 1. The van der Waals surface area contributed by atoms with Gasteiger partial charge in [0.1, 0.15) is 11.6 Å². The maximum atomic E-state index is 15.4. The van der Waals surface area contributed by atoms with Crippen LogP contribution in [0.25, 0.3) is 0 Å². The summed E-state index contributed by atoms with van der Waals surface area (Å²) < 4.78 is 55.7. The van der Waals surface area contributed by atoms with Gasteiger partial charge >= 0.3 is 0 Å². The topological polar surface area (TPSA) is 116 Å². The quantitative estimate of drug-likeness (QED) is 0.388. The molecule has 0 unspecified atom stereocenters. The number of hydrogen-bond acceptors (Lipinski definition) is 5. The summed E-state index contributed by atoms with van der Waals surface area (Å²) in [5.41, 5.74) is -0.821. The molecular weight excluding hydrogens is 573 g/mol. The molecule has 5 rings (SSSR count). The van der Waals surface area contributed by atoms with Crippen LogP contribution in [0.1, 0.15) is 42.7 Å². The maximum Gasteiger partial charge on any atom is 0.237 e. The third-order valence-corrected chi connectivity index (χ3v) is 9.38. The van der Waals surface area contributed by atoms with Gasteiger partial charge < -0.3 is 16.0 Å². The van der Waals surface area contributed by atoms with Crippen molar-refractivity contribution >= 4 is 50.7 Å². The molecule has 2 heterocycles. The van der Waals surface area contributed by atoms with Crippen molar-refractivity contribution in [1.29, 1.82) is 0 Å². The molecule has 1 aliphatic carbocycles. The second-order valence-electron chi connectivity index (χ2n) is 10.6. The Morgan fingerprint density at radius 1 is 1.18 bits per heavy atom. The van der Waals surface area contributed by atoms with Gasteiger partial charge in [0.2, 0.25) is 21.8 Å². The predicted molar refractivity (Wildman–Crippen MR) is 144 cm³/mol. The lowest BCUT2D eigenvalue weighted by molar-refractivity contribution is -0.123. The average Bonchev–Trinajstić information content (AvgIpc) is 3.53. The van der Waals surface area contributed by atoms with Gasteiger partial charge in [-0.2, -0.15) is 0 Å². The van der Waals surface area contributed by atoms with E-state index in [1.54, 1.807) is 6.07 Å². The minimum absolute atomic E-state index is 0.0386. The first-order chi connectivity index (χ1) is 18.4. The monoisotopic (exact) mass is 600 g/mol. The van der Waals surface area contributed by atoms with Crippen molar-refractivity contribution in [1.82, 2.24) is 15.4 Å². The molecule has 2 aromatic carbocycles. The number of rotatable bonds is 7. The summed E-state index contributed by atoms with van der Waals surface area (Å²) in [6, 6.07) is 5.73. The van der Waals surface area contributed by atoms with Crippen LogP contribution in [0.5, 0.6) is 0 Å². The van der Waals surface area contributed by atoms with E-state index in [0.717, 1.165) is 25.2 Å². The van der Waals surface area contributed by atoms with Crippen LogP contribution in [0.15, 0.2) is 30.3 Å². The second kappa shape index (κ2) is 10.6. The van der Waals surface area contributed by atoms with Crippen molar-refractivity contribution in [2.45, 2.75) is 49.1 Å². The van der Waals surface area contributed by atoms with E-state index in [2.05, 4.69) is 20.7 Å². The van der Waals surface area contributed by atoms with Gasteiger partial charge in [-0.1, -0.05) is 35.3 Å². The summed E-state index contributed by atoms with van der Waals surface area (Å²) >= 11 is 12.0. The maximum absolute atomic E-state index is 15.4. The number of amides is 2. The zero-order valence-electron chi connectivity index (χ0n) is 21.0. The fraction of sp³-hybridized carbons (Fsp3) is 0.462. The summed E-state index contributed by atoms with van der Waals surface area (Å²) in [6.45, 7) is 0.279. The van der Waals surface area contributed by atoms with Crippen molar-refractivity contribution in [3.05, 3.63) is 63.1 Å². The highest BCUT2D eigenvalue weighted by Gasteiger charge is 2.61. The molecule has 4 N–H and O–H groups in total. The Hall–Kier alpha value is -2.31. The van der Waals surface area contributed by atoms with Crippen LogP contribution in [0.3, 0.4) is 0 Å². The van der Waals surface area contributed by atoms with E-state index in [0.29, 0.717) is 25.1 Å². The molecule has 2 fully saturated rings. The minimum atomic E-state index is -3.29. The molecular formula is C26H28Cl2F2N4O4S. The van der Waals surface area contributed by atoms with Gasteiger partial charge in [0, 0.05) is 30.7 Å². The van der Waals surface area contributed by atoms with Gasteiger partial charge in [0.05, 0.1) is 27.8 Å². The lowest BCUT2D eigenvalue weighted by atomic mass is 9.68. The van der Waals surface area contributed by atoms with Crippen molar-refractivity contribution in [2.75, 3.05) is 24.7 Å². The lowest BCUT2D eigenvalue weighted by Crippen LogP contribution is -2.46. The Balaban J connectivity index is 1.39. The van der Waals surface area contributed by atoms with Crippen LogP contribution < -0.4 is 20.7 Å². The third-order valence-electron chi connectivity index (χ3n) is 8.03. The van der Waals surface area contributed by atoms with Gasteiger partial charge in [-0.15, -0.1) is 0 Å². The zero-order chi connectivity index (χ0) is 28.1. The lowest BCUT2D eigenvalue weighted by Gasteiger charge is -2.32. The molecule has 13 heteroatoms. The Bertz CT molecular complexity index is 1440. The molecule has 2 amide bonds. The van der Waals surface area contributed by atoms with Crippen LogP contribution in [0.2, 0.25) is 10.0 Å². The van der Waals surface area contributed by atoms with Crippen LogP contribution in [-0.2, 0) is 25.0 Å². The van der Waals surface area contributed by atoms with Crippen LogP contribution in [-0.4, -0.2) is 51.7 Å². The molecule has 8 nitrogen and oxygen atoms in total. The van der Waals surface area contributed by atoms with Crippen molar-refractivity contribution in [3.63, 3.8) is 0 Å². The molecule has 2 aromatic rings. The van der Waals surface area contributed by atoms with E-state index in [1.807, 2.05) is 0 Å². The Kier molecular flexibility index (Phi) is 7.66. The van der Waals surface area contributed by atoms with Gasteiger partial charge in [0.15, 0.2) is 0 Å². The minimum Gasteiger partial charge on any atom is -0.355 e. The average molecular weight is 602 g/mol. The van der Waals surface area contributed by atoms with Gasteiger partial charge in [-0.05, 0) is 60.9 Å². The summed E-state index contributed by atoms with van der Waals surface area (Å²) in [5, 5.41) is 8.38. The fourth-order valence-electron chi connectivity index (χ4n) is 6.35. The Morgan fingerprint density at radius 3 is 2.69 bits per heavy atom. The third kappa shape index (κ3) is 5.27. The first kappa shape index (κ1) is 28.2. The first-order valence-electron chi connectivity index (χ1n) is 12.6. The van der Waals surface area contributed by atoms with Gasteiger partial charge in [-0.3, -0.25) is 9.59 Å². The smallest absolute Gasteiger partial charge is 0.237 e. The number of benzene rings is 2. The number of halogens is 4. The molecule has 1 saturated heterocycles. The van der Waals surface area contributed by atoms with E-state index in [9.17, 15) is 22.4 Å². The van der Waals surface area contributed by atoms with Crippen LogP contribution >= 0.6 is 23.2 Å².